The van der Waals surface area contributed by atoms with Crippen LogP contribution in [0.25, 0.3) is 0 Å². The summed E-state index contributed by atoms with van der Waals surface area (Å²) in [6, 6.07) is 7.92. The first-order valence-corrected chi connectivity index (χ1v) is 4.36. The first-order valence-electron chi connectivity index (χ1n) is 4.36. The fraction of sp³-hybridized carbons (Fsp3) is 0.300. The van der Waals surface area contributed by atoms with Crippen LogP contribution < -0.4 is 10.2 Å². The lowest BCUT2D eigenvalue weighted by atomic mass is 10.2. The minimum atomic E-state index is 0.148. The molecule has 0 spiro atoms. The van der Waals surface area contributed by atoms with Crippen LogP contribution in [0.2, 0.25) is 0 Å². The van der Waals surface area contributed by atoms with Crippen molar-refractivity contribution in [2.24, 2.45) is 0 Å². The predicted octanol–water partition coefficient (Wildman–Crippen LogP) is 0.889. The maximum absolute atomic E-state index is 11.4. The molecular weight excluding hydrogens is 164 g/mol. The zero-order chi connectivity index (χ0) is 9.26. The molecule has 13 heavy (non-hydrogen) atoms. The summed E-state index contributed by atoms with van der Waals surface area (Å²) >= 11 is 0. The number of para-hydroxylation sites is 1. The number of nitrogens with zero attached hydrogens (tertiary/aromatic N) is 1. The summed E-state index contributed by atoms with van der Waals surface area (Å²) in [5.74, 6) is 0.148. The molecule has 0 aromatic heterocycles. The zero-order valence-electron chi connectivity index (χ0n) is 7.58. The predicted molar refractivity (Wildman–Crippen MR) is 51.5 cm³/mol. The Kier molecular flexibility index (Phi) is 2.02. The second kappa shape index (κ2) is 3.18. The van der Waals surface area contributed by atoms with Crippen molar-refractivity contribution < 1.29 is 4.79 Å². The van der Waals surface area contributed by atoms with Crippen LogP contribution in [0.3, 0.4) is 0 Å². The summed E-state index contributed by atoms with van der Waals surface area (Å²) in [7, 11) is 0. The van der Waals surface area contributed by atoms with Gasteiger partial charge in [0, 0.05) is 5.69 Å². The molecule has 1 fully saturated rings. The van der Waals surface area contributed by atoms with Crippen LogP contribution in [0.1, 0.15) is 5.56 Å². The Bertz CT molecular complexity index is 335. The Morgan fingerprint density at radius 2 is 2.15 bits per heavy atom. The summed E-state index contributed by atoms with van der Waals surface area (Å²) < 4.78 is 0. The summed E-state index contributed by atoms with van der Waals surface area (Å²) in [6.07, 6.45) is 0. The fourth-order valence-corrected chi connectivity index (χ4v) is 1.54. The van der Waals surface area contributed by atoms with Gasteiger partial charge in [0.05, 0.1) is 13.2 Å². The number of rotatable bonds is 1. The van der Waals surface area contributed by atoms with Gasteiger partial charge in [-0.1, -0.05) is 18.2 Å². The Labute approximate surface area is 77.4 Å². The molecule has 0 saturated carbocycles. The largest absolute Gasteiger partial charge is 0.298 e. The number of benzene rings is 1. The van der Waals surface area contributed by atoms with Gasteiger partial charge in [-0.15, -0.1) is 0 Å². The Balaban J connectivity index is 2.34. The van der Waals surface area contributed by atoms with Crippen molar-refractivity contribution in [2.45, 2.75) is 6.92 Å². The molecule has 1 saturated heterocycles. The van der Waals surface area contributed by atoms with Crippen molar-refractivity contribution in [3.05, 3.63) is 29.8 Å². The van der Waals surface area contributed by atoms with Gasteiger partial charge in [-0.05, 0) is 18.6 Å². The highest BCUT2D eigenvalue weighted by atomic mass is 16.2. The summed E-state index contributed by atoms with van der Waals surface area (Å²) in [5, 5.41) is 3.02. The van der Waals surface area contributed by atoms with Gasteiger partial charge in [-0.25, -0.2) is 0 Å². The first-order chi connectivity index (χ1) is 6.29. The first kappa shape index (κ1) is 8.26. The second-order valence-electron chi connectivity index (χ2n) is 3.19. The van der Waals surface area contributed by atoms with Gasteiger partial charge < -0.3 is 0 Å². The average molecular weight is 176 g/mol. The highest BCUT2D eigenvalue weighted by molar-refractivity contribution is 5.97. The van der Waals surface area contributed by atoms with E-state index in [0.29, 0.717) is 13.2 Å². The molecule has 1 aromatic carbocycles. The van der Waals surface area contributed by atoms with Crippen molar-refractivity contribution in [1.82, 2.24) is 5.32 Å². The monoisotopic (exact) mass is 176 g/mol. The maximum Gasteiger partial charge on any atom is 0.242 e. The molecular formula is C10H12N2O. The summed E-state index contributed by atoms with van der Waals surface area (Å²) in [6.45, 7) is 3.10. The lowest BCUT2D eigenvalue weighted by molar-refractivity contribution is -0.116. The van der Waals surface area contributed by atoms with E-state index in [1.165, 1.54) is 0 Å². The van der Waals surface area contributed by atoms with Crippen LogP contribution in [0.5, 0.6) is 0 Å². The molecule has 0 atom stereocenters. The number of carbonyl (C=O) groups is 1. The maximum atomic E-state index is 11.4. The molecule has 1 aromatic rings. The summed E-state index contributed by atoms with van der Waals surface area (Å²) in [4.78, 5) is 13.2. The smallest absolute Gasteiger partial charge is 0.242 e. The van der Waals surface area contributed by atoms with Crippen LogP contribution in [0.4, 0.5) is 5.69 Å². The fourth-order valence-electron chi connectivity index (χ4n) is 1.54. The number of hydrogen-bond donors (Lipinski definition) is 1. The minimum Gasteiger partial charge on any atom is -0.298 e. The standard InChI is InChI=1S/C10H12N2O/c1-8-4-2-3-5-9(8)12-7-11-6-10(12)13/h2-5,11H,6-7H2,1H3. The zero-order valence-corrected chi connectivity index (χ0v) is 7.58. The molecule has 0 bridgehead atoms. The molecule has 0 unspecified atom stereocenters. The number of carbonyl (C=O) groups excluding carboxylic acids is 1. The Morgan fingerprint density at radius 1 is 1.38 bits per heavy atom. The van der Waals surface area contributed by atoms with E-state index < -0.39 is 0 Å². The van der Waals surface area contributed by atoms with E-state index in [4.69, 9.17) is 0 Å². The van der Waals surface area contributed by atoms with E-state index in [9.17, 15) is 4.79 Å². The number of nitrogens with one attached hydrogen (secondary N) is 1. The van der Waals surface area contributed by atoms with Gasteiger partial charge in [-0.3, -0.25) is 15.0 Å². The molecule has 68 valence electrons. The third-order valence-corrected chi connectivity index (χ3v) is 2.25. The lowest BCUT2D eigenvalue weighted by Crippen LogP contribution is -2.26. The molecule has 0 radical (unpaired) electrons. The normalized spacial score (nSPS) is 16.7. The molecule has 3 nitrogen and oxygen atoms in total. The third kappa shape index (κ3) is 1.42. The van der Waals surface area contributed by atoms with Gasteiger partial charge in [0.25, 0.3) is 0 Å². The van der Waals surface area contributed by atoms with Crippen LogP contribution in [0, 0.1) is 6.92 Å². The molecule has 3 heteroatoms. The van der Waals surface area contributed by atoms with Gasteiger partial charge in [0.15, 0.2) is 0 Å². The number of hydrogen-bond acceptors (Lipinski definition) is 2. The van der Waals surface area contributed by atoms with E-state index in [-0.39, 0.29) is 5.91 Å². The number of aryl methyl sites for hydroxylation is 1. The van der Waals surface area contributed by atoms with Crippen molar-refractivity contribution in [2.75, 3.05) is 18.1 Å². The van der Waals surface area contributed by atoms with Gasteiger partial charge in [0.2, 0.25) is 5.91 Å². The molecule has 1 amide bonds. The van der Waals surface area contributed by atoms with E-state index in [0.717, 1.165) is 11.3 Å². The second-order valence-corrected chi connectivity index (χ2v) is 3.19. The van der Waals surface area contributed by atoms with E-state index in [1.54, 1.807) is 4.90 Å². The Hall–Kier alpha value is -1.35. The molecule has 1 aliphatic rings. The Morgan fingerprint density at radius 3 is 2.77 bits per heavy atom. The van der Waals surface area contributed by atoms with Crippen LogP contribution in [0.15, 0.2) is 24.3 Å². The SMILES string of the molecule is Cc1ccccc1N1CNCC1=O. The highest BCUT2D eigenvalue weighted by Gasteiger charge is 2.21. The highest BCUT2D eigenvalue weighted by Crippen LogP contribution is 2.19. The van der Waals surface area contributed by atoms with Crippen LogP contribution in [-0.4, -0.2) is 19.1 Å². The third-order valence-electron chi connectivity index (χ3n) is 2.25. The van der Waals surface area contributed by atoms with Crippen LogP contribution >= 0.6 is 0 Å². The minimum absolute atomic E-state index is 0.148. The summed E-state index contributed by atoms with van der Waals surface area (Å²) in [5.41, 5.74) is 2.15. The van der Waals surface area contributed by atoms with E-state index in [2.05, 4.69) is 5.32 Å². The van der Waals surface area contributed by atoms with Crippen molar-refractivity contribution >= 4 is 11.6 Å². The van der Waals surface area contributed by atoms with E-state index in [1.807, 2.05) is 31.2 Å². The van der Waals surface area contributed by atoms with Crippen molar-refractivity contribution in [1.29, 1.82) is 0 Å². The topological polar surface area (TPSA) is 32.3 Å². The van der Waals surface area contributed by atoms with Crippen LogP contribution in [-0.2, 0) is 4.79 Å². The number of amides is 1. The van der Waals surface area contributed by atoms with Gasteiger partial charge in [-0.2, -0.15) is 0 Å². The average Bonchev–Trinajstić information content (AvgIpc) is 2.52. The number of anilines is 1. The lowest BCUT2D eigenvalue weighted by Gasteiger charge is -2.16. The quantitative estimate of drug-likeness (QED) is 0.689. The molecule has 1 heterocycles. The molecule has 1 N–H and O–H groups in total. The molecule has 2 rings (SSSR count). The van der Waals surface area contributed by atoms with E-state index >= 15 is 0 Å². The molecule has 0 aliphatic carbocycles. The molecule has 1 aliphatic heterocycles. The van der Waals surface area contributed by atoms with Gasteiger partial charge in [0.1, 0.15) is 0 Å². The van der Waals surface area contributed by atoms with Crippen molar-refractivity contribution in [3.63, 3.8) is 0 Å². The van der Waals surface area contributed by atoms with Crippen molar-refractivity contribution in [3.8, 4) is 0 Å². The van der Waals surface area contributed by atoms with Gasteiger partial charge >= 0.3 is 0 Å².